The molecular weight excluding hydrogens is 941 g/mol. The van der Waals surface area contributed by atoms with E-state index >= 15 is 0 Å². The number of rotatable bonds is 12. The van der Waals surface area contributed by atoms with Crippen molar-refractivity contribution in [3.63, 3.8) is 0 Å². The smallest absolute Gasteiger partial charge is 0.410 e. The fourth-order valence-corrected chi connectivity index (χ4v) is 11.0. The number of benzene rings is 3. The van der Waals surface area contributed by atoms with E-state index in [0.29, 0.717) is 37.8 Å². The molecule has 70 heavy (non-hydrogen) atoms. The van der Waals surface area contributed by atoms with Crippen molar-refractivity contribution in [1.29, 1.82) is 0 Å². The summed E-state index contributed by atoms with van der Waals surface area (Å²) >= 11 is 1.35. The van der Waals surface area contributed by atoms with Crippen LogP contribution < -0.4 is 21.3 Å². The van der Waals surface area contributed by atoms with Gasteiger partial charge in [0.1, 0.15) is 52.4 Å². The molecule has 11 atom stereocenters. The van der Waals surface area contributed by atoms with Crippen LogP contribution in [0.4, 0.5) is 4.79 Å². The molecule has 21 nitrogen and oxygen atoms in total. The van der Waals surface area contributed by atoms with Crippen molar-refractivity contribution in [3.8, 4) is 11.5 Å². The summed E-state index contributed by atoms with van der Waals surface area (Å²) in [6, 6.07) is 6.17. The molecule has 2 unspecified atom stereocenters. The van der Waals surface area contributed by atoms with Crippen LogP contribution in [0, 0.1) is 18.8 Å². The van der Waals surface area contributed by atoms with Crippen molar-refractivity contribution in [2.45, 2.75) is 126 Å². The fourth-order valence-electron chi connectivity index (χ4n) is 10.4. The van der Waals surface area contributed by atoms with Gasteiger partial charge in [0.25, 0.3) is 0 Å². The number of nitrogens with zero attached hydrogens (tertiary/aromatic N) is 1. The van der Waals surface area contributed by atoms with Gasteiger partial charge in [-0.05, 0) is 83.2 Å². The first kappa shape index (κ1) is 49.4. The number of likely N-dealkylation sites (tertiary alicyclic amines) is 1. The van der Waals surface area contributed by atoms with Gasteiger partial charge in [0.15, 0.2) is 18.0 Å². The molecule has 3 aromatic carbocycles. The Balaban J connectivity index is 0.933. The third-order valence-corrected chi connectivity index (χ3v) is 15.2. The number of fused-ring (bicyclic) bond motifs is 2. The third-order valence-electron chi connectivity index (χ3n) is 14.3. The maximum absolute atomic E-state index is 13.7. The Kier molecular flexibility index (Phi) is 13.5. The SMILES string of the molecule is CO[C@H]1[C@@H](O)[C@@H](C)OC(O[C@H]2[C@H](Oc3cccc4c(O)c5c(=O)oc6ccc(C)c7c(=O)oc(c34)c5c67)O[C@H](C)[C@H](O)[C@]2(C)O)[C@@H]1NC(=O)OCOC(=O)C1CCC(CN2C(=O)CC(SC)C2=O)CC1. The van der Waals surface area contributed by atoms with E-state index in [1.807, 2.05) is 0 Å². The molecule has 376 valence electrons. The molecule has 3 amide bonds. The second-order valence-corrected chi connectivity index (χ2v) is 19.7. The highest BCUT2D eigenvalue weighted by molar-refractivity contribution is 8.00. The van der Waals surface area contributed by atoms with Crippen LogP contribution in [0.1, 0.15) is 58.4 Å². The predicted molar refractivity (Wildman–Crippen MR) is 247 cm³/mol. The summed E-state index contributed by atoms with van der Waals surface area (Å²) in [6.45, 7) is 5.46. The van der Waals surface area contributed by atoms with Crippen LogP contribution in [0.25, 0.3) is 43.5 Å². The molecule has 3 aliphatic heterocycles. The molecule has 0 spiro atoms. The van der Waals surface area contributed by atoms with E-state index < -0.39 is 103 Å². The predicted octanol–water partition coefficient (Wildman–Crippen LogP) is 3.29. The number of imide groups is 1. The Hall–Kier alpha value is -5.59. The summed E-state index contributed by atoms with van der Waals surface area (Å²) in [5, 5.41) is 48.7. The van der Waals surface area contributed by atoms with Gasteiger partial charge in [-0.3, -0.25) is 19.3 Å². The summed E-state index contributed by atoms with van der Waals surface area (Å²) in [5.41, 5.74) is -3.35. The van der Waals surface area contributed by atoms with Crippen LogP contribution in [0.5, 0.6) is 11.5 Å². The normalized spacial score (nSPS) is 31.8. The van der Waals surface area contributed by atoms with Crippen molar-refractivity contribution in [2.24, 2.45) is 11.8 Å². The van der Waals surface area contributed by atoms with Gasteiger partial charge in [0, 0.05) is 36.2 Å². The number of esters is 1. The number of hydrogen-bond donors (Lipinski definition) is 5. The van der Waals surface area contributed by atoms with Crippen LogP contribution in [0.2, 0.25) is 0 Å². The minimum atomic E-state index is -2.20. The number of phenols is 1. The van der Waals surface area contributed by atoms with Gasteiger partial charge < -0.3 is 67.7 Å². The Morgan fingerprint density at radius 1 is 0.900 bits per heavy atom. The Labute approximate surface area is 402 Å². The molecule has 1 saturated carbocycles. The molecule has 5 heterocycles. The topological polar surface area (TPSA) is 289 Å². The van der Waals surface area contributed by atoms with Crippen LogP contribution >= 0.6 is 11.8 Å². The van der Waals surface area contributed by atoms with Crippen LogP contribution in [0.15, 0.2) is 48.8 Å². The molecule has 22 heteroatoms. The van der Waals surface area contributed by atoms with Gasteiger partial charge in [-0.1, -0.05) is 18.2 Å². The lowest BCUT2D eigenvalue weighted by Gasteiger charge is -2.50. The van der Waals surface area contributed by atoms with E-state index in [0.717, 1.165) is 0 Å². The van der Waals surface area contributed by atoms with Crippen LogP contribution in [-0.4, -0.2) is 142 Å². The summed E-state index contributed by atoms with van der Waals surface area (Å²) in [4.78, 5) is 79.8. The van der Waals surface area contributed by atoms with Crippen molar-refractivity contribution in [2.75, 3.05) is 26.7 Å². The summed E-state index contributed by atoms with van der Waals surface area (Å²) < 4.78 is 52.8. The molecule has 9 rings (SSSR count). The summed E-state index contributed by atoms with van der Waals surface area (Å²) in [6.07, 6.45) is -8.29. The number of ether oxygens (including phenoxy) is 7. The minimum Gasteiger partial charge on any atom is -0.506 e. The number of aromatic hydroxyl groups is 1. The molecule has 0 bridgehead atoms. The lowest BCUT2D eigenvalue weighted by Crippen LogP contribution is -2.70. The number of aliphatic hydroxyl groups is 3. The van der Waals surface area contributed by atoms with Crippen molar-refractivity contribution >= 4 is 79.1 Å². The number of thioether (sulfide) groups is 1. The number of nitrogens with one attached hydrogen (secondary N) is 1. The second-order valence-electron chi connectivity index (χ2n) is 18.6. The Morgan fingerprint density at radius 3 is 2.31 bits per heavy atom. The largest absolute Gasteiger partial charge is 0.506 e. The van der Waals surface area contributed by atoms with Gasteiger partial charge in [-0.15, -0.1) is 0 Å². The molecule has 4 fully saturated rings. The number of carbonyl (C=O) groups excluding carboxylic acids is 4. The summed E-state index contributed by atoms with van der Waals surface area (Å²) in [5.74, 6) is -2.00. The van der Waals surface area contributed by atoms with E-state index in [1.165, 1.54) is 68.8 Å². The van der Waals surface area contributed by atoms with Gasteiger partial charge >= 0.3 is 23.3 Å². The molecule has 5 N–H and O–H groups in total. The van der Waals surface area contributed by atoms with E-state index in [4.69, 9.17) is 42.0 Å². The van der Waals surface area contributed by atoms with Crippen molar-refractivity contribution < 1.29 is 81.6 Å². The highest BCUT2D eigenvalue weighted by Crippen LogP contribution is 2.46. The average molecular weight is 995 g/mol. The molecule has 3 saturated heterocycles. The van der Waals surface area contributed by atoms with E-state index in [1.54, 1.807) is 19.2 Å². The maximum atomic E-state index is 13.7. The monoisotopic (exact) mass is 994 g/mol. The highest BCUT2D eigenvalue weighted by atomic mass is 32.2. The van der Waals surface area contributed by atoms with Crippen molar-refractivity contribution in [1.82, 2.24) is 10.2 Å². The third kappa shape index (κ3) is 8.60. The molecule has 0 radical (unpaired) electrons. The summed E-state index contributed by atoms with van der Waals surface area (Å²) in [7, 11) is 1.27. The number of amides is 3. The number of aryl methyl sites for hydroxylation is 1. The van der Waals surface area contributed by atoms with Gasteiger partial charge in [0.2, 0.25) is 24.9 Å². The number of aliphatic hydroxyl groups excluding tert-OH is 2. The van der Waals surface area contributed by atoms with Gasteiger partial charge in [0.05, 0.1) is 34.1 Å². The Morgan fingerprint density at radius 2 is 1.61 bits per heavy atom. The molecule has 4 aliphatic rings. The maximum Gasteiger partial charge on any atom is 0.410 e. The van der Waals surface area contributed by atoms with E-state index in [9.17, 15) is 49.2 Å². The number of hydrogen-bond acceptors (Lipinski definition) is 20. The first-order valence-corrected chi connectivity index (χ1v) is 24.2. The van der Waals surface area contributed by atoms with E-state index in [-0.39, 0.29) is 78.6 Å². The number of methoxy groups -OCH3 is 1. The highest BCUT2D eigenvalue weighted by Gasteiger charge is 2.57. The molecule has 2 aromatic heterocycles. The Bertz CT molecular complexity index is 2970. The average Bonchev–Trinajstić information content (AvgIpc) is 3.60. The number of carbonyl (C=O) groups is 4. The van der Waals surface area contributed by atoms with Crippen LogP contribution in [-0.2, 0) is 42.8 Å². The molecular formula is C48H54N2O19S. The fraction of sp³-hybridized carbons (Fsp3) is 0.542. The quantitative estimate of drug-likeness (QED) is 0.0299. The van der Waals surface area contributed by atoms with Gasteiger partial charge in [-0.25, -0.2) is 14.4 Å². The standard InChI is InChI=1S/C48H54N2O19S/c1-19-10-15-26-31-29(19)43(57)68-37-30-24(36(53)33(32(31)37)44(58)66-26)8-7-9-25(30)67-46-40(48(4,60)39(54)21(3)65-46)69-45-34(38(61-5)35(52)20(2)64-45)49-47(59)63-18-62-42(56)23-13-11-22(12-14-23)17-50-28(51)16-27(70-6)41(50)55/h7-10,15,20-23,27,34-35,38-40,45-46,52-54,60H,11-14,16-18H2,1-6H3,(H,49,59)/t20-,21-,22?,23?,27?,34-,35+,38-,39+,40+,45?,46+,48+/m1/s1. The first-order chi connectivity index (χ1) is 33.3. The zero-order valence-electron chi connectivity index (χ0n) is 39.0. The zero-order chi connectivity index (χ0) is 50.1. The second kappa shape index (κ2) is 19.2. The molecule has 5 aromatic rings. The molecule has 1 aliphatic carbocycles. The van der Waals surface area contributed by atoms with Crippen LogP contribution in [0.3, 0.4) is 0 Å². The number of phenolic OH excluding ortho intramolecular Hbond substituents is 1. The lowest BCUT2D eigenvalue weighted by molar-refractivity contribution is -0.357. The van der Waals surface area contributed by atoms with E-state index in [2.05, 4.69) is 5.32 Å². The zero-order valence-corrected chi connectivity index (χ0v) is 39.8. The number of alkyl carbamates (subject to hydrolysis) is 1. The van der Waals surface area contributed by atoms with Crippen molar-refractivity contribution in [3.05, 3.63) is 56.7 Å². The lowest BCUT2D eigenvalue weighted by atomic mass is 9.82. The first-order valence-electron chi connectivity index (χ1n) is 23.0. The minimum absolute atomic E-state index is 0.0284. The van der Waals surface area contributed by atoms with Gasteiger partial charge in [-0.2, -0.15) is 11.8 Å².